The zero-order valence-corrected chi connectivity index (χ0v) is 8.25. The lowest BCUT2D eigenvalue weighted by atomic mass is 9.99. The molecule has 5 heteroatoms. The second-order valence-electron chi connectivity index (χ2n) is 3.96. The fourth-order valence-corrected chi connectivity index (χ4v) is 2.14. The molecule has 0 aromatic rings. The Hall–Kier alpha value is -1.10. The maximum Gasteiger partial charge on any atom is 0.324 e. The first-order valence-electron chi connectivity index (χ1n) is 5.02. The Bertz CT molecular complexity index is 251. The molecule has 5 nitrogen and oxygen atoms in total. The Labute approximate surface area is 82.8 Å². The van der Waals surface area contributed by atoms with Gasteiger partial charge in [0.1, 0.15) is 0 Å². The zero-order chi connectivity index (χ0) is 10.1. The molecule has 2 saturated heterocycles. The molecule has 0 spiro atoms. The Balaban J connectivity index is 2.05. The van der Waals surface area contributed by atoms with Crippen molar-refractivity contribution in [3.05, 3.63) is 0 Å². The van der Waals surface area contributed by atoms with Crippen LogP contribution in [0.2, 0.25) is 0 Å². The number of hydrogen-bond donors (Lipinski definition) is 2. The Kier molecular flexibility index (Phi) is 2.41. The summed E-state index contributed by atoms with van der Waals surface area (Å²) in [6.07, 6.45) is 1.72. The summed E-state index contributed by atoms with van der Waals surface area (Å²) in [6.45, 7) is 3.12. The van der Waals surface area contributed by atoms with E-state index in [0.717, 1.165) is 19.4 Å². The highest BCUT2D eigenvalue weighted by Gasteiger charge is 2.36. The number of piperidine rings is 1. The summed E-state index contributed by atoms with van der Waals surface area (Å²) >= 11 is 0. The van der Waals surface area contributed by atoms with Crippen LogP contribution in [0.1, 0.15) is 19.8 Å². The van der Waals surface area contributed by atoms with E-state index in [0.29, 0.717) is 6.04 Å². The number of urea groups is 1. The average molecular weight is 197 g/mol. The molecule has 2 N–H and O–H groups in total. The largest absolute Gasteiger partial charge is 0.329 e. The molecule has 2 aliphatic rings. The van der Waals surface area contributed by atoms with E-state index >= 15 is 0 Å². The fourth-order valence-electron chi connectivity index (χ4n) is 2.14. The van der Waals surface area contributed by atoms with Crippen LogP contribution < -0.4 is 10.6 Å². The number of rotatable bonds is 1. The number of imide groups is 1. The van der Waals surface area contributed by atoms with E-state index < -0.39 is 0 Å². The van der Waals surface area contributed by atoms with Crippen LogP contribution in [-0.2, 0) is 4.79 Å². The summed E-state index contributed by atoms with van der Waals surface area (Å²) in [5.41, 5.74) is 0. The van der Waals surface area contributed by atoms with E-state index in [4.69, 9.17) is 0 Å². The van der Waals surface area contributed by atoms with Crippen LogP contribution in [0.4, 0.5) is 4.79 Å². The predicted molar refractivity (Wildman–Crippen MR) is 50.7 cm³/mol. The molecule has 0 bridgehead atoms. The van der Waals surface area contributed by atoms with Crippen molar-refractivity contribution in [2.45, 2.75) is 31.8 Å². The molecule has 0 aromatic heterocycles. The van der Waals surface area contributed by atoms with Gasteiger partial charge in [0.2, 0.25) is 5.91 Å². The highest BCUT2D eigenvalue weighted by atomic mass is 16.2. The van der Waals surface area contributed by atoms with Crippen LogP contribution in [0.15, 0.2) is 0 Å². The maximum atomic E-state index is 11.4. The number of carbonyl (C=O) groups excluding carboxylic acids is 2. The van der Waals surface area contributed by atoms with Gasteiger partial charge in [-0.3, -0.25) is 9.69 Å². The average Bonchev–Trinajstić information content (AvgIpc) is 2.46. The smallest absolute Gasteiger partial charge is 0.324 e. The predicted octanol–water partition coefficient (Wildman–Crippen LogP) is -0.321. The summed E-state index contributed by atoms with van der Waals surface area (Å²) in [5.74, 6) is -0.0888. The van der Waals surface area contributed by atoms with Crippen LogP contribution >= 0.6 is 0 Å². The number of amides is 3. The Morgan fingerprint density at radius 1 is 1.43 bits per heavy atom. The highest BCUT2D eigenvalue weighted by Crippen LogP contribution is 2.17. The molecule has 78 valence electrons. The van der Waals surface area contributed by atoms with Crippen molar-refractivity contribution in [1.29, 1.82) is 0 Å². The fraction of sp³-hybridized carbons (Fsp3) is 0.778. The SMILES string of the molecule is CC1CC(N2C(=O)CNC2=O)CCN1. The molecule has 0 aromatic carbocycles. The van der Waals surface area contributed by atoms with Crippen LogP contribution in [0, 0.1) is 0 Å². The molecule has 2 unspecified atom stereocenters. The summed E-state index contributed by atoms with van der Waals surface area (Å²) in [7, 11) is 0. The minimum atomic E-state index is -0.228. The summed E-state index contributed by atoms with van der Waals surface area (Å²) < 4.78 is 0. The van der Waals surface area contributed by atoms with Gasteiger partial charge in [-0.25, -0.2) is 4.79 Å². The van der Waals surface area contributed by atoms with E-state index in [1.54, 1.807) is 0 Å². The third-order valence-corrected chi connectivity index (χ3v) is 2.84. The molecule has 2 fully saturated rings. The molecule has 2 atom stereocenters. The van der Waals surface area contributed by atoms with Gasteiger partial charge < -0.3 is 10.6 Å². The molecular formula is C9H15N3O2. The van der Waals surface area contributed by atoms with Crippen molar-refractivity contribution in [3.63, 3.8) is 0 Å². The summed E-state index contributed by atoms with van der Waals surface area (Å²) in [4.78, 5) is 24.2. The third-order valence-electron chi connectivity index (χ3n) is 2.84. The minimum Gasteiger partial charge on any atom is -0.329 e. The van der Waals surface area contributed by atoms with E-state index in [1.807, 2.05) is 0 Å². The van der Waals surface area contributed by atoms with Gasteiger partial charge in [-0.2, -0.15) is 0 Å². The molecule has 2 aliphatic heterocycles. The minimum absolute atomic E-state index is 0.0845. The molecule has 2 heterocycles. The second kappa shape index (κ2) is 3.57. The van der Waals surface area contributed by atoms with Gasteiger partial charge >= 0.3 is 6.03 Å². The maximum absolute atomic E-state index is 11.4. The second-order valence-corrected chi connectivity index (χ2v) is 3.96. The zero-order valence-electron chi connectivity index (χ0n) is 8.25. The standard InChI is InChI=1S/C9H15N3O2/c1-6-4-7(2-3-10-6)12-8(13)5-11-9(12)14/h6-7,10H,2-5H2,1H3,(H,11,14). The van der Waals surface area contributed by atoms with E-state index in [2.05, 4.69) is 17.6 Å². The Morgan fingerprint density at radius 2 is 2.21 bits per heavy atom. The molecule has 2 rings (SSSR count). The molecule has 14 heavy (non-hydrogen) atoms. The Morgan fingerprint density at radius 3 is 2.79 bits per heavy atom. The summed E-state index contributed by atoms with van der Waals surface area (Å²) in [6, 6.07) is 0.241. The van der Waals surface area contributed by atoms with Gasteiger partial charge in [0.25, 0.3) is 0 Å². The van der Waals surface area contributed by atoms with Crippen molar-refractivity contribution in [2.75, 3.05) is 13.1 Å². The third kappa shape index (κ3) is 1.59. The quantitative estimate of drug-likeness (QED) is 0.566. The number of nitrogens with zero attached hydrogens (tertiary/aromatic N) is 1. The first-order chi connectivity index (χ1) is 6.68. The van der Waals surface area contributed by atoms with Gasteiger partial charge in [0.05, 0.1) is 6.54 Å². The lowest BCUT2D eigenvalue weighted by molar-refractivity contribution is -0.127. The summed E-state index contributed by atoms with van der Waals surface area (Å²) in [5, 5.41) is 5.84. The lowest BCUT2D eigenvalue weighted by Crippen LogP contribution is -2.49. The van der Waals surface area contributed by atoms with Crippen LogP contribution in [-0.4, -0.2) is 42.0 Å². The number of carbonyl (C=O) groups is 2. The van der Waals surface area contributed by atoms with E-state index in [-0.39, 0.29) is 24.5 Å². The van der Waals surface area contributed by atoms with Crippen LogP contribution in [0.25, 0.3) is 0 Å². The normalized spacial score (nSPS) is 33.4. The van der Waals surface area contributed by atoms with Gasteiger partial charge in [-0.1, -0.05) is 0 Å². The van der Waals surface area contributed by atoms with E-state index in [1.165, 1.54) is 4.90 Å². The number of nitrogens with one attached hydrogen (secondary N) is 2. The van der Waals surface area contributed by atoms with Crippen molar-refractivity contribution >= 4 is 11.9 Å². The van der Waals surface area contributed by atoms with Crippen molar-refractivity contribution in [2.24, 2.45) is 0 Å². The lowest BCUT2D eigenvalue weighted by Gasteiger charge is -2.32. The monoisotopic (exact) mass is 197 g/mol. The van der Waals surface area contributed by atoms with Gasteiger partial charge in [0, 0.05) is 12.1 Å². The van der Waals surface area contributed by atoms with Crippen LogP contribution in [0.3, 0.4) is 0 Å². The molecule has 0 saturated carbocycles. The first kappa shape index (κ1) is 9.45. The van der Waals surface area contributed by atoms with Crippen molar-refractivity contribution in [3.8, 4) is 0 Å². The van der Waals surface area contributed by atoms with E-state index in [9.17, 15) is 9.59 Å². The number of hydrogen-bond acceptors (Lipinski definition) is 3. The van der Waals surface area contributed by atoms with Crippen LogP contribution in [0.5, 0.6) is 0 Å². The topological polar surface area (TPSA) is 61.4 Å². The molecule has 0 radical (unpaired) electrons. The van der Waals surface area contributed by atoms with Gasteiger partial charge in [-0.15, -0.1) is 0 Å². The highest BCUT2D eigenvalue weighted by molar-refractivity contribution is 6.02. The molecule has 3 amide bonds. The van der Waals surface area contributed by atoms with Crippen molar-refractivity contribution in [1.82, 2.24) is 15.5 Å². The van der Waals surface area contributed by atoms with Gasteiger partial charge in [-0.05, 0) is 26.3 Å². The van der Waals surface area contributed by atoms with Crippen molar-refractivity contribution < 1.29 is 9.59 Å². The molecular weight excluding hydrogens is 182 g/mol. The first-order valence-corrected chi connectivity index (χ1v) is 5.02. The van der Waals surface area contributed by atoms with Gasteiger partial charge in [0.15, 0.2) is 0 Å². The molecule has 0 aliphatic carbocycles.